The number of benzene rings is 2. The fraction of sp³-hybridized carbons (Fsp3) is 0.316. The van der Waals surface area contributed by atoms with Crippen LogP contribution in [0.2, 0.25) is 0 Å². The van der Waals surface area contributed by atoms with Crippen molar-refractivity contribution in [2.75, 3.05) is 12.4 Å². The van der Waals surface area contributed by atoms with Crippen molar-refractivity contribution < 1.29 is 14.3 Å². The fourth-order valence-corrected chi connectivity index (χ4v) is 2.36. The predicted octanol–water partition coefficient (Wildman–Crippen LogP) is 4.05. The maximum absolute atomic E-state index is 12.5. The molecule has 1 atom stereocenters. The molecule has 0 aliphatic heterocycles. The number of nitrogens with one attached hydrogen (secondary N) is 1. The largest absolute Gasteiger partial charge is 0.493 e. The van der Waals surface area contributed by atoms with Gasteiger partial charge in [0, 0.05) is 5.69 Å². The third-order valence-corrected chi connectivity index (χ3v) is 3.66. The Hall–Kier alpha value is -2.49. The second-order valence-electron chi connectivity index (χ2n) is 5.17. The standard InChI is InChI=1S/C19H23NO3/c1-4-14-10-6-7-11-15(14)20-19(21)16(5-2)23-18-13-9-8-12-17(18)22-3/h6-13,16H,4-5H2,1-3H3,(H,20,21)/t16-/m1/s1. The Kier molecular flexibility index (Phi) is 6.03. The molecular formula is C19H23NO3. The first-order chi connectivity index (χ1) is 11.2. The molecule has 0 saturated carbocycles. The molecule has 0 spiro atoms. The maximum atomic E-state index is 12.5. The van der Waals surface area contributed by atoms with E-state index in [1.54, 1.807) is 13.2 Å². The van der Waals surface area contributed by atoms with E-state index >= 15 is 0 Å². The van der Waals surface area contributed by atoms with Gasteiger partial charge in [-0.25, -0.2) is 0 Å². The summed E-state index contributed by atoms with van der Waals surface area (Å²) in [5.74, 6) is 1.03. The number of para-hydroxylation sites is 3. The lowest BCUT2D eigenvalue weighted by atomic mass is 10.1. The maximum Gasteiger partial charge on any atom is 0.265 e. The van der Waals surface area contributed by atoms with E-state index in [9.17, 15) is 4.79 Å². The molecule has 122 valence electrons. The van der Waals surface area contributed by atoms with Crippen molar-refractivity contribution in [3.8, 4) is 11.5 Å². The molecule has 0 fully saturated rings. The topological polar surface area (TPSA) is 47.6 Å². The minimum atomic E-state index is -0.573. The van der Waals surface area contributed by atoms with Crippen LogP contribution in [0.3, 0.4) is 0 Å². The van der Waals surface area contributed by atoms with Gasteiger partial charge in [0.25, 0.3) is 5.91 Å². The molecule has 0 bridgehead atoms. The Morgan fingerprint density at radius 2 is 1.70 bits per heavy atom. The van der Waals surface area contributed by atoms with Crippen LogP contribution in [-0.2, 0) is 11.2 Å². The zero-order valence-electron chi connectivity index (χ0n) is 13.8. The van der Waals surface area contributed by atoms with E-state index in [0.29, 0.717) is 17.9 Å². The lowest BCUT2D eigenvalue weighted by molar-refractivity contribution is -0.122. The van der Waals surface area contributed by atoms with Gasteiger partial charge in [-0.2, -0.15) is 0 Å². The molecule has 23 heavy (non-hydrogen) atoms. The van der Waals surface area contributed by atoms with Crippen LogP contribution in [0.15, 0.2) is 48.5 Å². The van der Waals surface area contributed by atoms with E-state index in [4.69, 9.17) is 9.47 Å². The monoisotopic (exact) mass is 313 g/mol. The van der Waals surface area contributed by atoms with Gasteiger partial charge in [0.2, 0.25) is 0 Å². The van der Waals surface area contributed by atoms with E-state index < -0.39 is 6.10 Å². The van der Waals surface area contributed by atoms with Gasteiger partial charge in [0.15, 0.2) is 17.6 Å². The van der Waals surface area contributed by atoms with E-state index in [1.165, 1.54) is 0 Å². The van der Waals surface area contributed by atoms with Crippen LogP contribution in [0.25, 0.3) is 0 Å². The van der Waals surface area contributed by atoms with Gasteiger partial charge in [-0.05, 0) is 36.6 Å². The predicted molar refractivity (Wildman–Crippen MR) is 92.2 cm³/mol. The third-order valence-electron chi connectivity index (χ3n) is 3.66. The number of aryl methyl sites for hydroxylation is 1. The highest BCUT2D eigenvalue weighted by molar-refractivity contribution is 5.95. The molecule has 1 N–H and O–H groups in total. The van der Waals surface area contributed by atoms with Crippen molar-refractivity contribution in [3.63, 3.8) is 0 Å². The SMILES string of the molecule is CCc1ccccc1NC(=O)[C@@H](CC)Oc1ccccc1OC. The number of rotatable bonds is 7. The summed E-state index contributed by atoms with van der Waals surface area (Å²) in [6.45, 7) is 3.99. The number of amides is 1. The Balaban J connectivity index is 2.12. The Morgan fingerprint density at radius 3 is 2.35 bits per heavy atom. The molecule has 0 aliphatic carbocycles. The zero-order chi connectivity index (χ0) is 16.7. The zero-order valence-corrected chi connectivity index (χ0v) is 13.8. The highest BCUT2D eigenvalue weighted by Gasteiger charge is 2.20. The first kappa shape index (κ1) is 16.9. The van der Waals surface area contributed by atoms with Gasteiger partial charge in [-0.1, -0.05) is 44.2 Å². The summed E-state index contributed by atoms with van der Waals surface area (Å²) in [5.41, 5.74) is 1.94. The van der Waals surface area contributed by atoms with Crippen LogP contribution in [0.4, 0.5) is 5.69 Å². The van der Waals surface area contributed by atoms with E-state index in [1.807, 2.05) is 49.4 Å². The highest BCUT2D eigenvalue weighted by atomic mass is 16.5. The van der Waals surface area contributed by atoms with Crippen LogP contribution in [-0.4, -0.2) is 19.1 Å². The molecule has 4 heteroatoms. The third kappa shape index (κ3) is 4.25. The Labute approximate surface area is 137 Å². The lowest BCUT2D eigenvalue weighted by Crippen LogP contribution is -2.32. The van der Waals surface area contributed by atoms with Crippen molar-refractivity contribution in [1.82, 2.24) is 0 Å². The van der Waals surface area contributed by atoms with Gasteiger partial charge in [-0.3, -0.25) is 4.79 Å². The molecule has 0 saturated heterocycles. The molecule has 0 aliphatic rings. The molecule has 0 aromatic heterocycles. The number of hydrogen-bond acceptors (Lipinski definition) is 3. The number of anilines is 1. The first-order valence-corrected chi connectivity index (χ1v) is 7.88. The van der Waals surface area contributed by atoms with Crippen LogP contribution in [0.1, 0.15) is 25.8 Å². The van der Waals surface area contributed by atoms with Gasteiger partial charge in [0.05, 0.1) is 7.11 Å². The summed E-state index contributed by atoms with van der Waals surface area (Å²) in [5, 5.41) is 2.97. The number of ether oxygens (including phenoxy) is 2. The normalized spacial score (nSPS) is 11.6. The molecule has 0 heterocycles. The summed E-state index contributed by atoms with van der Waals surface area (Å²) in [6, 6.07) is 15.1. The molecule has 2 aromatic rings. The number of carbonyl (C=O) groups is 1. The Morgan fingerprint density at radius 1 is 1.04 bits per heavy atom. The second-order valence-corrected chi connectivity index (χ2v) is 5.17. The number of methoxy groups -OCH3 is 1. The lowest BCUT2D eigenvalue weighted by Gasteiger charge is -2.19. The van der Waals surface area contributed by atoms with E-state index in [2.05, 4.69) is 12.2 Å². The van der Waals surface area contributed by atoms with E-state index in [0.717, 1.165) is 17.7 Å². The average molecular weight is 313 g/mol. The molecule has 1 amide bonds. The van der Waals surface area contributed by atoms with Crippen LogP contribution >= 0.6 is 0 Å². The minimum absolute atomic E-state index is 0.153. The van der Waals surface area contributed by atoms with Crippen LogP contribution in [0.5, 0.6) is 11.5 Å². The van der Waals surface area contributed by atoms with Crippen molar-refractivity contribution in [2.45, 2.75) is 32.8 Å². The molecule has 0 radical (unpaired) electrons. The summed E-state index contributed by atoms with van der Waals surface area (Å²) in [6.07, 6.45) is 0.856. The van der Waals surface area contributed by atoms with Crippen molar-refractivity contribution in [1.29, 1.82) is 0 Å². The van der Waals surface area contributed by atoms with Crippen molar-refractivity contribution >= 4 is 11.6 Å². The van der Waals surface area contributed by atoms with E-state index in [-0.39, 0.29) is 5.91 Å². The molecule has 2 rings (SSSR count). The van der Waals surface area contributed by atoms with Crippen molar-refractivity contribution in [3.05, 3.63) is 54.1 Å². The quantitative estimate of drug-likeness (QED) is 0.838. The summed E-state index contributed by atoms with van der Waals surface area (Å²) in [4.78, 5) is 12.5. The fourth-order valence-electron chi connectivity index (χ4n) is 2.36. The number of hydrogen-bond donors (Lipinski definition) is 1. The molecule has 2 aromatic carbocycles. The van der Waals surface area contributed by atoms with Crippen LogP contribution in [0, 0.1) is 0 Å². The smallest absolute Gasteiger partial charge is 0.265 e. The molecule has 4 nitrogen and oxygen atoms in total. The molecule has 0 unspecified atom stereocenters. The first-order valence-electron chi connectivity index (χ1n) is 7.88. The average Bonchev–Trinajstić information content (AvgIpc) is 2.60. The van der Waals surface area contributed by atoms with Crippen molar-refractivity contribution in [2.24, 2.45) is 0 Å². The van der Waals surface area contributed by atoms with Gasteiger partial charge in [-0.15, -0.1) is 0 Å². The number of carbonyl (C=O) groups excluding carboxylic acids is 1. The van der Waals surface area contributed by atoms with Gasteiger partial charge < -0.3 is 14.8 Å². The minimum Gasteiger partial charge on any atom is -0.493 e. The highest BCUT2D eigenvalue weighted by Crippen LogP contribution is 2.27. The van der Waals surface area contributed by atoms with Gasteiger partial charge >= 0.3 is 0 Å². The molecular weight excluding hydrogens is 290 g/mol. The Bertz CT molecular complexity index is 655. The summed E-state index contributed by atoms with van der Waals surface area (Å²) in [7, 11) is 1.58. The van der Waals surface area contributed by atoms with Crippen LogP contribution < -0.4 is 14.8 Å². The second kappa shape index (κ2) is 8.22. The van der Waals surface area contributed by atoms with Gasteiger partial charge in [0.1, 0.15) is 0 Å². The summed E-state index contributed by atoms with van der Waals surface area (Å²) >= 11 is 0. The summed E-state index contributed by atoms with van der Waals surface area (Å²) < 4.78 is 11.1.